The summed E-state index contributed by atoms with van der Waals surface area (Å²) in [6, 6.07) is 0. The van der Waals surface area contributed by atoms with Crippen LogP contribution in [0.2, 0.25) is 0 Å². The standard InChI is InChI=1S/C9H15N3/c1-12-8-7-11-9(12)5-3-2-4-6-10/h2-3,7-8H,4-6,10H2,1H3. The van der Waals surface area contributed by atoms with Gasteiger partial charge in [-0.2, -0.15) is 0 Å². The van der Waals surface area contributed by atoms with Crippen molar-refractivity contribution in [3.63, 3.8) is 0 Å². The second-order valence-electron chi connectivity index (χ2n) is 2.71. The van der Waals surface area contributed by atoms with Crippen LogP contribution in [0.15, 0.2) is 24.5 Å². The summed E-state index contributed by atoms with van der Waals surface area (Å²) in [7, 11) is 2.00. The molecule has 0 spiro atoms. The molecule has 1 aromatic heterocycles. The quantitative estimate of drug-likeness (QED) is 0.673. The fourth-order valence-electron chi connectivity index (χ4n) is 0.996. The lowest BCUT2D eigenvalue weighted by molar-refractivity contribution is 0.828. The molecule has 0 saturated carbocycles. The van der Waals surface area contributed by atoms with E-state index >= 15 is 0 Å². The van der Waals surface area contributed by atoms with E-state index < -0.39 is 0 Å². The van der Waals surface area contributed by atoms with Gasteiger partial charge in [0.15, 0.2) is 0 Å². The molecule has 1 aromatic rings. The fraction of sp³-hybridized carbons (Fsp3) is 0.444. The van der Waals surface area contributed by atoms with Crippen LogP contribution >= 0.6 is 0 Å². The molecule has 0 atom stereocenters. The first kappa shape index (κ1) is 9.00. The van der Waals surface area contributed by atoms with Crippen LogP contribution in [0.3, 0.4) is 0 Å². The molecule has 0 aliphatic heterocycles. The van der Waals surface area contributed by atoms with Crippen molar-refractivity contribution in [1.29, 1.82) is 0 Å². The fourth-order valence-corrected chi connectivity index (χ4v) is 0.996. The van der Waals surface area contributed by atoms with Crippen molar-refractivity contribution in [3.8, 4) is 0 Å². The third kappa shape index (κ3) is 2.51. The van der Waals surface area contributed by atoms with E-state index in [-0.39, 0.29) is 0 Å². The van der Waals surface area contributed by atoms with Crippen LogP contribution in [0, 0.1) is 0 Å². The van der Waals surface area contributed by atoms with Crippen molar-refractivity contribution in [1.82, 2.24) is 9.55 Å². The maximum atomic E-state index is 5.35. The van der Waals surface area contributed by atoms with E-state index in [0.717, 1.165) is 25.2 Å². The maximum Gasteiger partial charge on any atom is 0.112 e. The molecule has 0 saturated heterocycles. The monoisotopic (exact) mass is 165 g/mol. The minimum absolute atomic E-state index is 0.719. The first-order chi connectivity index (χ1) is 5.84. The Morgan fingerprint density at radius 1 is 1.58 bits per heavy atom. The highest BCUT2D eigenvalue weighted by atomic mass is 15.0. The van der Waals surface area contributed by atoms with Gasteiger partial charge >= 0.3 is 0 Å². The molecule has 66 valence electrons. The summed E-state index contributed by atoms with van der Waals surface area (Å²) in [4.78, 5) is 4.19. The van der Waals surface area contributed by atoms with Crippen LogP contribution in [0.25, 0.3) is 0 Å². The summed E-state index contributed by atoms with van der Waals surface area (Å²) in [5.74, 6) is 1.09. The van der Waals surface area contributed by atoms with Gasteiger partial charge in [-0.05, 0) is 13.0 Å². The van der Waals surface area contributed by atoms with Crippen molar-refractivity contribution in [2.24, 2.45) is 12.8 Å². The molecule has 1 rings (SSSR count). The number of nitrogens with two attached hydrogens (primary N) is 1. The summed E-state index contributed by atoms with van der Waals surface area (Å²) < 4.78 is 2.02. The molecule has 0 aromatic carbocycles. The van der Waals surface area contributed by atoms with Crippen molar-refractivity contribution >= 4 is 0 Å². The molecule has 12 heavy (non-hydrogen) atoms. The van der Waals surface area contributed by atoms with Crippen molar-refractivity contribution in [3.05, 3.63) is 30.4 Å². The zero-order chi connectivity index (χ0) is 8.81. The number of nitrogens with zero attached hydrogens (tertiary/aromatic N) is 2. The lowest BCUT2D eigenvalue weighted by Crippen LogP contribution is -1.97. The van der Waals surface area contributed by atoms with Crippen molar-refractivity contribution in [2.75, 3.05) is 6.54 Å². The number of rotatable bonds is 4. The van der Waals surface area contributed by atoms with Gasteiger partial charge in [-0.1, -0.05) is 12.2 Å². The summed E-state index contributed by atoms with van der Waals surface area (Å²) in [6.45, 7) is 0.719. The molecule has 2 N–H and O–H groups in total. The lowest BCUT2D eigenvalue weighted by Gasteiger charge is -1.95. The summed E-state index contributed by atoms with van der Waals surface area (Å²) in [5.41, 5.74) is 5.35. The molecular formula is C9H15N3. The first-order valence-corrected chi connectivity index (χ1v) is 4.16. The van der Waals surface area contributed by atoms with Crippen LogP contribution in [-0.4, -0.2) is 16.1 Å². The van der Waals surface area contributed by atoms with Crippen LogP contribution in [0.4, 0.5) is 0 Å². The number of aryl methyl sites for hydroxylation is 1. The Morgan fingerprint density at radius 3 is 3.00 bits per heavy atom. The molecule has 0 aliphatic carbocycles. The molecular weight excluding hydrogens is 150 g/mol. The van der Waals surface area contributed by atoms with E-state index in [0.29, 0.717) is 0 Å². The van der Waals surface area contributed by atoms with Gasteiger partial charge in [0.25, 0.3) is 0 Å². The molecule has 0 bridgehead atoms. The predicted molar refractivity (Wildman–Crippen MR) is 49.7 cm³/mol. The average Bonchev–Trinajstić information content (AvgIpc) is 2.46. The molecule has 0 aliphatic rings. The van der Waals surface area contributed by atoms with Crippen LogP contribution in [0.1, 0.15) is 12.2 Å². The Hall–Kier alpha value is -1.09. The zero-order valence-corrected chi connectivity index (χ0v) is 7.40. The first-order valence-electron chi connectivity index (χ1n) is 4.16. The summed E-state index contributed by atoms with van der Waals surface area (Å²) >= 11 is 0. The lowest BCUT2D eigenvalue weighted by atomic mass is 10.3. The molecule has 1 heterocycles. The van der Waals surface area contributed by atoms with E-state index in [1.165, 1.54) is 0 Å². The van der Waals surface area contributed by atoms with Gasteiger partial charge < -0.3 is 10.3 Å². The number of aromatic nitrogens is 2. The van der Waals surface area contributed by atoms with E-state index in [2.05, 4.69) is 17.1 Å². The number of allylic oxidation sites excluding steroid dienone is 1. The molecule has 3 nitrogen and oxygen atoms in total. The second kappa shape index (κ2) is 4.72. The number of hydrogen-bond acceptors (Lipinski definition) is 2. The Kier molecular flexibility index (Phi) is 3.54. The molecule has 3 heteroatoms. The van der Waals surface area contributed by atoms with Crippen molar-refractivity contribution < 1.29 is 0 Å². The predicted octanol–water partition coefficient (Wildman–Crippen LogP) is 0.868. The zero-order valence-electron chi connectivity index (χ0n) is 7.40. The topological polar surface area (TPSA) is 43.8 Å². The maximum absolute atomic E-state index is 5.35. The Labute approximate surface area is 72.9 Å². The third-order valence-corrected chi connectivity index (χ3v) is 1.72. The molecule has 0 fully saturated rings. The van der Waals surface area contributed by atoms with E-state index in [9.17, 15) is 0 Å². The largest absolute Gasteiger partial charge is 0.338 e. The summed E-state index contributed by atoms with van der Waals surface area (Å²) in [6.07, 6.45) is 9.80. The van der Waals surface area contributed by atoms with Crippen LogP contribution in [0.5, 0.6) is 0 Å². The van der Waals surface area contributed by atoms with Gasteiger partial charge in [0.1, 0.15) is 5.82 Å². The van der Waals surface area contributed by atoms with Gasteiger partial charge in [0.2, 0.25) is 0 Å². The van der Waals surface area contributed by atoms with Gasteiger partial charge in [-0.25, -0.2) is 4.98 Å². The minimum Gasteiger partial charge on any atom is -0.338 e. The van der Waals surface area contributed by atoms with Crippen LogP contribution in [-0.2, 0) is 13.5 Å². The average molecular weight is 165 g/mol. The van der Waals surface area contributed by atoms with Crippen LogP contribution < -0.4 is 5.73 Å². The van der Waals surface area contributed by atoms with Gasteiger partial charge in [-0.15, -0.1) is 0 Å². The highest BCUT2D eigenvalue weighted by Gasteiger charge is 1.93. The second-order valence-corrected chi connectivity index (χ2v) is 2.71. The van der Waals surface area contributed by atoms with Gasteiger partial charge in [-0.3, -0.25) is 0 Å². The van der Waals surface area contributed by atoms with E-state index in [1.54, 1.807) is 0 Å². The SMILES string of the molecule is Cn1ccnc1CC=CCCN. The normalized spacial score (nSPS) is 11.2. The van der Waals surface area contributed by atoms with Crippen molar-refractivity contribution in [2.45, 2.75) is 12.8 Å². The Balaban J connectivity index is 2.37. The molecule has 0 amide bonds. The number of imidazole rings is 1. The van der Waals surface area contributed by atoms with E-state index in [1.807, 2.05) is 24.0 Å². The smallest absolute Gasteiger partial charge is 0.112 e. The van der Waals surface area contributed by atoms with E-state index in [4.69, 9.17) is 5.73 Å². The Bertz CT molecular complexity index is 250. The highest BCUT2D eigenvalue weighted by Crippen LogP contribution is 1.96. The number of hydrogen-bond donors (Lipinski definition) is 1. The molecule has 0 radical (unpaired) electrons. The van der Waals surface area contributed by atoms with Gasteiger partial charge in [0, 0.05) is 25.9 Å². The summed E-state index contributed by atoms with van der Waals surface area (Å²) in [5, 5.41) is 0. The molecule has 0 unspecified atom stereocenters. The third-order valence-electron chi connectivity index (χ3n) is 1.72. The Morgan fingerprint density at radius 2 is 2.42 bits per heavy atom. The minimum atomic E-state index is 0.719. The highest BCUT2D eigenvalue weighted by molar-refractivity contribution is 4.98. The van der Waals surface area contributed by atoms with Gasteiger partial charge in [0.05, 0.1) is 0 Å².